The molecule has 22 heavy (non-hydrogen) atoms. The van der Waals surface area contributed by atoms with Crippen molar-refractivity contribution in [2.24, 2.45) is 0 Å². The van der Waals surface area contributed by atoms with Crippen LogP contribution in [0.5, 0.6) is 5.75 Å². The smallest absolute Gasteiger partial charge is 0.142 e. The predicted octanol–water partition coefficient (Wildman–Crippen LogP) is 3.10. The molecule has 0 aliphatic carbocycles. The second kappa shape index (κ2) is 8.39. The summed E-state index contributed by atoms with van der Waals surface area (Å²) >= 11 is 0. The average Bonchev–Trinajstić information content (AvgIpc) is 2.45. The fourth-order valence-corrected chi connectivity index (χ4v) is 3.07. The molecule has 1 saturated heterocycles. The first kappa shape index (κ1) is 17.1. The van der Waals surface area contributed by atoms with Crippen LogP contribution < -0.4 is 10.5 Å². The summed E-state index contributed by atoms with van der Waals surface area (Å²) in [4.78, 5) is 2.50. The molecule has 2 N–H and O–H groups in total. The van der Waals surface area contributed by atoms with E-state index in [1.807, 2.05) is 6.07 Å². The van der Waals surface area contributed by atoms with E-state index in [-0.39, 0.29) is 0 Å². The van der Waals surface area contributed by atoms with Gasteiger partial charge in [-0.2, -0.15) is 0 Å². The molecule has 1 aromatic rings. The van der Waals surface area contributed by atoms with Crippen LogP contribution in [0.3, 0.4) is 0 Å². The lowest BCUT2D eigenvalue weighted by atomic mass is 10.1. The van der Waals surface area contributed by atoms with Crippen molar-refractivity contribution in [1.82, 2.24) is 4.90 Å². The van der Waals surface area contributed by atoms with Crippen molar-refractivity contribution in [2.45, 2.75) is 52.2 Å². The van der Waals surface area contributed by atoms with Gasteiger partial charge >= 0.3 is 0 Å². The zero-order valence-electron chi connectivity index (χ0n) is 14.2. The molecule has 0 saturated carbocycles. The van der Waals surface area contributed by atoms with Crippen LogP contribution in [0.4, 0.5) is 5.69 Å². The Balaban J connectivity index is 1.78. The minimum Gasteiger partial charge on any atom is -0.491 e. The first-order valence-corrected chi connectivity index (χ1v) is 8.47. The van der Waals surface area contributed by atoms with Gasteiger partial charge in [0.2, 0.25) is 0 Å². The minimum absolute atomic E-state index is 0.342. The zero-order chi connectivity index (χ0) is 15.9. The van der Waals surface area contributed by atoms with Crippen LogP contribution in [0.1, 0.15) is 39.2 Å². The lowest BCUT2D eigenvalue weighted by Gasteiger charge is -2.35. The van der Waals surface area contributed by atoms with Crippen molar-refractivity contribution < 1.29 is 9.47 Å². The Morgan fingerprint density at radius 3 is 2.64 bits per heavy atom. The fourth-order valence-electron chi connectivity index (χ4n) is 3.07. The molecule has 1 aromatic carbocycles. The van der Waals surface area contributed by atoms with Gasteiger partial charge < -0.3 is 15.2 Å². The number of ether oxygens (including phenoxy) is 2. The monoisotopic (exact) mass is 306 g/mol. The summed E-state index contributed by atoms with van der Waals surface area (Å²) in [6.07, 6.45) is 3.88. The molecule has 2 rings (SSSR count). The van der Waals surface area contributed by atoms with Gasteiger partial charge in [0.1, 0.15) is 5.75 Å². The van der Waals surface area contributed by atoms with Crippen molar-refractivity contribution in [2.75, 3.05) is 32.0 Å². The third-order valence-electron chi connectivity index (χ3n) is 3.97. The number of aryl methyl sites for hydroxylation is 1. The third kappa shape index (κ3) is 5.18. The number of hydrogen-bond donors (Lipinski definition) is 1. The Morgan fingerprint density at radius 2 is 2.00 bits per heavy atom. The molecule has 4 heteroatoms. The van der Waals surface area contributed by atoms with E-state index < -0.39 is 0 Å². The highest BCUT2D eigenvalue weighted by Crippen LogP contribution is 2.23. The highest BCUT2D eigenvalue weighted by atomic mass is 16.5. The second-order valence-corrected chi connectivity index (χ2v) is 6.34. The Kier molecular flexibility index (Phi) is 6.52. The zero-order valence-corrected chi connectivity index (χ0v) is 14.2. The van der Waals surface area contributed by atoms with Crippen molar-refractivity contribution in [3.05, 3.63) is 23.8 Å². The molecule has 0 amide bonds. The van der Waals surface area contributed by atoms with E-state index in [4.69, 9.17) is 15.2 Å². The van der Waals surface area contributed by atoms with E-state index in [1.54, 1.807) is 0 Å². The highest BCUT2D eigenvalue weighted by Gasteiger charge is 2.21. The summed E-state index contributed by atoms with van der Waals surface area (Å²) in [5.74, 6) is 0.807. The molecule has 0 spiro atoms. The summed E-state index contributed by atoms with van der Waals surface area (Å²) in [7, 11) is 0. The number of benzene rings is 1. The van der Waals surface area contributed by atoms with Gasteiger partial charge in [-0.3, -0.25) is 4.90 Å². The average molecular weight is 306 g/mol. The van der Waals surface area contributed by atoms with E-state index in [2.05, 4.69) is 37.8 Å². The van der Waals surface area contributed by atoms with Crippen LogP contribution in [0.2, 0.25) is 0 Å². The van der Waals surface area contributed by atoms with Gasteiger partial charge in [-0.1, -0.05) is 13.0 Å². The number of nitrogens with two attached hydrogens (primary N) is 1. The van der Waals surface area contributed by atoms with Gasteiger partial charge in [-0.05, 0) is 57.4 Å². The van der Waals surface area contributed by atoms with Gasteiger partial charge in [-0.15, -0.1) is 0 Å². The van der Waals surface area contributed by atoms with Crippen LogP contribution in [-0.4, -0.2) is 43.3 Å². The number of nitrogen functional groups attached to an aromatic ring is 1. The molecule has 2 unspecified atom stereocenters. The normalized spacial score (nSPS) is 22.7. The predicted molar refractivity (Wildman–Crippen MR) is 91.4 cm³/mol. The molecule has 0 aromatic heterocycles. The molecule has 4 nitrogen and oxygen atoms in total. The largest absolute Gasteiger partial charge is 0.491 e. The van der Waals surface area contributed by atoms with Crippen LogP contribution >= 0.6 is 0 Å². The standard InChI is InChI=1S/C18H30N2O2/c1-4-10-21-18-8-7-16(11-17(18)19)6-5-9-20-12-14(2)22-15(3)13-20/h7-8,11,14-15H,4-6,9-10,12-13,19H2,1-3H3. The molecule has 0 radical (unpaired) electrons. The molecular formula is C18H30N2O2. The molecule has 1 fully saturated rings. The fraction of sp³-hybridized carbons (Fsp3) is 0.667. The van der Waals surface area contributed by atoms with Crippen molar-refractivity contribution in [3.8, 4) is 5.75 Å². The summed E-state index contributed by atoms with van der Waals surface area (Å²) < 4.78 is 11.4. The summed E-state index contributed by atoms with van der Waals surface area (Å²) in [6.45, 7) is 10.3. The Hall–Kier alpha value is -1.26. The first-order valence-electron chi connectivity index (χ1n) is 8.47. The Labute approximate surface area is 134 Å². The summed E-state index contributed by atoms with van der Waals surface area (Å²) in [5.41, 5.74) is 8.10. The molecule has 124 valence electrons. The highest BCUT2D eigenvalue weighted by molar-refractivity contribution is 5.54. The number of hydrogen-bond acceptors (Lipinski definition) is 4. The maximum Gasteiger partial charge on any atom is 0.142 e. The third-order valence-corrected chi connectivity index (χ3v) is 3.97. The quantitative estimate of drug-likeness (QED) is 0.786. The summed E-state index contributed by atoms with van der Waals surface area (Å²) in [6, 6.07) is 6.18. The molecule has 1 aliphatic heterocycles. The maximum atomic E-state index is 6.06. The van der Waals surface area contributed by atoms with Crippen molar-refractivity contribution in [3.63, 3.8) is 0 Å². The Morgan fingerprint density at radius 1 is 1.27 bits per heavy atom. The Bertz CT molecular complexity index is 454. The van der Waals surface area contributed by atoms with E-state index in [0.29, 0.717) is 12.2 Å². The van der Waals surface area contributed by atoms with E-state index in [9.17, 15) is 0 Å². The second-order valence-electron chi connectivity index (χ2n) is 6.34. The molecular weight excluding hydrogens is 276 g/mol. The molecule has 1 heterocycles. The summed E-state index contributed by atoms with van der Waals surface area (Å²) in [5, 5.41) is 0. The van der Waals surface area contributed by atoms with Crippen LogP contribution in [0.15, 0.2) is 18.2 Å². The van der Waals surface area contributed by atoms with E-state index in [1.165, 1.54) is 5.56 Å². The topological polar surface area (TPSA) is 47.7 Å². The van der Waals surface area contributed by atoms with E-state index in [0.717, 1.165) is 56.9 Å². The molecule has 1 aliphatic rings. The van der Waals surface area contributed by atoms with Gasteiger partial charge in [0.25, 0.3) is 0 Å². The van der Waals surface area contributed by atoms with Crippen molar-refractivity contribution >= 4 is 5.69 Å². The maximum absolute atomic E-state index is 6.06. The molecule has 2 atom stereocenters. The first-order chi connectivity index (χ1) is 10.6. The molecule has 0 bridgehead atoms. The van der Waals surface area contributed by atoms with Gasteiger partial charge in [0, 0.05) is 13.1 Å². The number of morpholine rings is 1. The SMILES string of the molecule is CCCOc1ccc(CCCN2CC(C)OC(C)C2)cc1N. The van der Waals surface area contributed by atoms with E-state index >= 15 is 0 Å². The minimum atomic E-state index is 0.342. The number of rotatable bonds is 7. The van der Waals surface area contributed by atoms with Crippen LogP contribution in [-0.2, 0) is 11.2 Å². The number of nitrogens with zero attached hydrogens (tertiary/aromatic N) is 1. The van der Waals surface area contributed by atoms with Gasteiger partial charge in [0.05, 0.1) is 24.5 Å². The van der Waals surface area contributed by atoms with Crippen LogP contribution in [0, 0.1) is 0 Å². The van der Waals surface area contributed by atoms with Gasteiger partial charge in [-0.25, -0.2) is 0 Å². The number of anilines is 1. The lowest BCUT2D eigenvalue weighted by Crippen LogP contribution is -2.45. The van der Waals surface area contributed by atoms with Gasteiger partial charge in [0.15, 0.2) is 0 Å². The van der Waals surface area contributed by atoms with Crippen LogP contribution in [0.25, 0.3) is 0 Å². The van der Waals surface area contributed by atoms with Crippen molar-refractivity contribution in [1.29, 1.82) is 0 Å². The lowest BCUT2D eigenvalue weighted by molar-refractivity contribution is -0.0680.